The van der Waals surface area contributed by atoms with E-state index in [0.717, 1.165) is 12.2 Å². The van der Waals surface area contributed by atoms with Gasteiger partial charge < -0.3 is 15.4 Å². The quantitative estimate of drug-likeness (QED) is 0.794. The van der Waals surface area contributed by atoms with Crippen molar-refractivity contribution in [3.8, 4) is 5.75 Å². The van der Waals surface area contributed by atoms with Gasteiger partial charge in [0.25, 0.3) is 0 Å². The summed E-state index contributed by atoms with van der Waals surface area (Å²) in [6.45, 7) is 2.58. The molecule has 2 N–H and O–H groups in total. The molecule has 6 heteroatoms. The summed E-state index contributed by atoms with van der Waals surface area (Å²) in [5, 5.41) is 5.93. The van der Waals surface area contributed by atoms with Gasteiger partial charge in [0.05, 0.1) is 20.2 Å². The fourth-order valence-electron chi connectivity index (χ4n) is 3.20. The van der Waals surface area contributed by atoms with Gasteiger partial charge in [0.15, 0.2) is 0 Å². The highest BCUT2D eigenvalue weighted by atomic mass is 16.5. The minimum absolute atomic E-state index is 0.0153. The normalized spacial score (nSPS) is 20.2. The van der Waals surface area contributed by atoms with Crippen LogP contribution in [0, 0.1) is 5.92 Å². The van der Waals surface area contributed by atoms with Gasteiger partial charge >= 0.3 is 0 Å². The summed E-state index contributed by atoms with van der Waals surface area (Å²) in [6.07, 6.45) is 4.65. The standard InChI is InChI=1S/C19H29N3O3/c1-14-6-4-5-7-17(14)21-19(24)13-22(2)12-18(23)20-15-8-10-16(25-3)11-9-15/h8-11,14,17H,4-7,12-13H2,1-3H3,(H,20,23)(H,21,24)/t14-,17+/m1/s1. The third-order valence-electron chi connectivity index (χ3n) is 4.66. The van der Waals surface area contributed by atoms with Crippen LogP contribution in [-0.2, 0) is 9.59 Å². The van der Waals surface area contributed by atoms with Crippen LogP contribution in [0.4, 0.5) is 5.69 Å². The van der Waals surface area contributed by atoms with Crippen molar-refractivity contribution in [3.63, 3.8) is 0 Å². The Morgan fingerprint density at radius 2 is 1.76 bits per heavy atom. The summed E-state index contributed by atoms with van der Waals surface area (Å²) in [5.41, 5.74) is 0.708. The SMILES string of the molecule is COc1ccc(NC(=O)CN(C)CC(=O)N[C@H]2CCCC[C@H]2C)cc1. The fourth-order valence-corrected chi connectivity index (χ4v) is 3.20. The average Bonchev–Trinajstić information content (AvgIpc) is 2.57. The van der Waals surface area contributed by atoms with Crippen LogP contribution in [0.15, 0.2) is 24.3 Å². The number of nitrogens with zero attached hydrogens (tertiary/aromatic N) is 1. The van der Waals surface area contributed by atoms with Crippen LogP contribution in [0.3, 0.4) is 0 Å². The summed E-state index contributed by atoms with van der Waals surface area (Å²) in [6, 6.07) is 7.42. The summed E-state index contributed by atoms with van der Waals surface area (Å²) >= 11 is 0. The number of ether oxygens (including phenoxy) is 1. The van der Waals surface area contributed by atoms with Crippen LogP contribution in [0.1, 0.15) is 32.6 Å². The number of anilines is 1. The number of amides is 2. The summed E-state index contributed by atoms with van der Waals surface area (Å²) < 4.78 is 5.09. The van der Waals surface area contributed by atoms with Crippen molar-refractivity contribution in [1.82, 2.24) is 10.2 Å². The van der Waals surface area contributed by atoms with E-state index in [4.69, 9.17) is 4.74 Å². The Balaban J connectivity index is 1.73. The topological polar surface area (TPSA) is 70.7 Å². The molecule has 2 rings (SSSR count). The smallest absolute Gasteiger partial charge is 0.238 e. The van der Waals surface area contributed by atoms with Crippen molar-refractivity contribution in [3.05, 3.63) is 24.3 Å². The second-order valence-corrected chi connectivity index (χ2v) is 6.88. The van der Waals surface area contributed by atoms with Gasteiger partial charge in [0.1, 0.15) is 5.75 Å². The average molecular weight is 347 g/mol. The van der Waals surface area contributed by atoms with Crippen LogP contribution < -0.4 is 15.4 Å². The molecule has 0 spiro atoms. The van der Waals surface area contributed by atoms with E-state index in [1.54, 1.807) is 43.3 Å². The van der Waals surface area contributed by atoms with E-state index in [0.29, 0.717) is 11.6 Å². The van der Waals surface area contributed by atoms with E-state index in [2.05, 4.69) is 17.6 Å². The maximum Gasteiger partial charge on any atom is 0.238 e. The van der Waals surface area contributed by atoms with Crippen molar-refractivity contribution in [2.24, 2.45) is 5.92 Å². The van der Waals surface area contributed by atoms with Crippen molar-refractivity contribution in [2.45, 2.75) is 38.6 Å². The van der Waals surface area contributed by atoms with E-state index < -0.39 is 0 Å². The molecule has 0 radical (unpaired) electrons. The number of likely N-dealkylation sites (N-methyl/N-ethyl adjacent to an activating group) is 1. The van der Waals surface area contributed by atoms with Crippen molar-refractivity contribution < 1.29 is 14.3 Å². The minimum Gasteiger partial charge on any atom is -0.497 e. The third kappa shape index (κ3) is 6.38. The Morgan fingerprint density at radius 1 is 1.12 bits per heavy atom. The molecule has 6 nitrogen and oxygen atoms in total. The Hall–Kier alpha value is -2.08. The number of nitrogens with one attached hydrogen (secondary N) is 2. The maximum atomic E-state index is 12.2. The Bertz CT molecular complexity index is 574. The Kier molecular flexibility index (Phi) is 7.25. The maximum absolute atomic E-state index is 12.2. The zero-order valence-corrected chi connectivity index (χ0v) is 15.4. The van der Waals surface area contributed by atoms with Crippen molar-refractivity contribution in [2.75, 3.05) is 32.6 Å². The van der Waals surface area contributed by atoms with Gasteiger partial charge in [-0.3, -0.25) is 14.5 Å². The molecule has 1 aliphatic rings. The molecule has 1 aromatic carbocycles. The highest BCUT2D eigenvalue weighted by molar-refractivity contribution is 5.92. The van der Waals surface area contributed by atoms with Gasteiger partial charge in [-0.2, -0.15) is 0 Å². The molecule has 0 bridgehead atoms. The second-order valence-electron chi connectivity index (χ2n) is 6.88. The molecule has 2 amide bonds. The molecular weight excluding hydrogens is 318 g/mol. The van der Waals surface area contributed by atoms with Gasteiger partial charge in [0.2, 0.25) is 11.8 Å². The number of benzene rings is 1. The van der Waals surface area contributed by atoms with Crippen LogP contribution >= 0.6 is 0 Å². The minimum atomic E-state index is -0.147. The van der Waals surface area contributed by atoms with Crippen molar-refractivity contribution in [1.29, 1.82) is 0 Å². The summed E-state index contributed by atoms with van der Waals surface area (Å²) in [4.78, 5) is 26.0. The number of hydrogen-bond acceptors (Lipinski definition) is 4. The monoisotopic (exact) mass is 347 g/mol. The predicted molar refractivity (Wildman–Crippen MR) is 98.7 cm³/mol. The van der Waals surface area contributed by atoms with E-state index in [1.807, 2.05) is 0 Å². The number of carbonyl (C=O) groups is 2. The molecule has 1 fully saturated rings. The lowest BCUT2D eigenvalue weighted by molar-refractivity contribution is -0.124. The molecular formula is C19H29N3O3. The van der Waals surface area contributed by atoms with E-state index in [1.165, 1.54) is 19.3 Å². The first-order valence-corrected chi connectivity index (χ1v) is 8.89. The highest BCUT2D eigenvalue weighted by Gasteiger charge is 2.23. The number of hydrogen-bond donors (Lipinski definition) is 2. The van der Waals surface area contributed by atoms with Crippen LogP contribution in [0.2, 0.25) is 0 Å². The molecule has 0 saturated heterocycles. The first kappa shape index (κ1) is 19.2. The van der Waals surface area contributed by atoms with Crippen LogP contribution in [0.5, 0.6) is 5.75 Å². The highest BCUT2D eigenvalue weighted by Crippen LogP contribution is 2.23. The molecule has 1 aliphatic carbocycles. The lowest BCUT2D eigenvalue weighted by Gasteiger charge is -2.30. The van der Waals surface area contributed by atoms with Gasteiger partial charge in [-0.05, 0) is 50.1 Å². The molecule has 1 aromatic rings. The molecule has 0 aliphatic heterocycles. The van der Waals surface area contributed by atoms with Gasteiger partial charge in [-0.1, -0.05) is 19.8 Å². The fraction of sp³-hybridized carbons (Fsp3) is 0.579. The summed E-state index contributed by atoms with van der Waals surface area (Å²) in [5.74, 6) is 1.11. The zero-order chi connectivity index (χ0) is 18.2. The summed E-state index contributed by atoms with van der Waals surface area (Å²) in [7, 11) is 3.37. The molecule has 0 unspecified atom stereocenters. The first-order chi connectivity index (χ1) is 12.0. The third-order valence-corrected chi connectivity index (χ3v) is 4.66. The molecule has 0 heterocycles. The van der Waals surface area contributed by atoms with Gasteiger partial charge in [-0.25, -0.2) is 0 Å². The molecule has 2 atom stereocenters. The van der Waals surface area contributed by atoms with Gasteiger partial charge in [-0.15, -0.1) is 0 Å². The largest absolute Gasteiger partial charge is 0.497 e. The molecule has 1 saturated carbocycles. The predicted octanol–water partition coefficient (Wildman–Crippen LogP) is 2.26. The second kappa shape index (κ2) is 9.42. The van der Waals surface area contributed by atoms with Crippen LogP contribution in [0.25, 0.3) is 0 Å². The molecule has 0 aromatic heterocycles. The van der Waals surface area contributed by atoms with E-state index >= 15 is 0 Å². The number of rotatable bonds is 7. The first-order valence-electron chi connectivity index (χ1n) is 8.89. The number of carbonyl (C=O) groups excluding carboxylic acids is 2. The lowest BCUT2D eigenvalue weighted by Crippen LogP contribution is -2.46. The molecule has 138 valence electrons. The van der Waals surface area contributed by atoms with Gasteiger partial charge in [0, 0.05) is 11.7 Å². The lowest BCUT2D eigenvalue weighted by atomic mass is 9.86. The zero-order valence-electron chi connectivity index (χ0n) is 15.4. The van der Waals surface area contributed by atoms with Crippen molar-refractivity contribution >= 4 is 17.5 Å². The van der Waals surface area contributed by atoms with E-state index in [-0.39, 0.29) is 30.9 Å². The van der Waals surface area contributed by atoms with E-state index in [9.17, 15) is 9.59 Å². The van der Waals surface area contributed by atoms with Crippen LogP contribution in [-0.4, -0.2) is 50.0 Å². The molecule has 25 heavy (non-hydrogen) atoms. The Morgan fingerprint density at radius 3 is 2.40 bits per heavy atom. The number of methoxy groups -OCH3 is 1. The Labute approximate surface area is 149 Å².